The average Bonchev–Trinajstić information content (AvgIpc) is 2.17. The van der Waals surface area contributed by atoms with Gasteiger partial charge in [0.25, 0.3) is 0 Å². The maximum Gasteiger partial charge on any atom is 0.0212 e. The molecule has 70 valence electrons. The van der Waals surface area contributed by atoms with Crippen LogP contribution in [-0.4, -0.2) is 10.5 Å². The van der Waals surface area contributed by atoms with Crippen LogP contribution in [0.25, 0.3) is 0 Å². The molecule has 0 saturated heterocycles. The highest BCUT2D eigenvalue weighted by Gasteiger charge is 2.24. The number of hydrogen-bond acceptors (Lipinski definition) is 2. The van der Waals surface area contributed by atoms with Crippen LogP contribution >= 0.6 is 23.5 Å². The minimum Gasteiger partial charge on any atom is -0.121 e. The van der Waals surface area contributed by atoms with E-state index in [9.17, 15) is 0 Å². The first-order valence-electron chi connectivity index (χ1n) is 4.73. The van der Waals surface area contributed by atoms with Crippen LogP contribution in [0, 0.1) is 0 Å². The van der Waals surface area contributed by atoms with Crippen LogP contribution in [0.2, 0.25) is 0 Å². The highest BCUT2D eigenvalue weighted by molar-refractivity contribution is 8.06. The van der Waals surface area contributed by atoms with Gasteiger partial charge in [-0.15, -0.1) is 23.5 Å². The third-order valence-corrected chi connectivity index (χ3v) is 5.63. The zero-order valence-electron chi connectivity index (χ0n) is 7.99. The van der Waals surface area contributed by atoms with E-state index >= 15 is 0 Å². The van der Waals surface area contributed by atoms with Gasteiger partial charge in [0, 0.05) is 20.3 Å². The second kappa shape index (κ2) is 3.97. The van der Waals surface area contributed by atoms with Gasteiger partial charge < -0.3 is 0 Å². The SMILES string of the molecule is CC[C@@H]1Sc2ccccc2S[C@H]1C. The Labute approximate surface area is 88.5 Å². The molecule has 0 saturated carbocycles. The number of fused-ring (bicyclic) bond motifs is 1. The van der Waals surface area contributed by atoms with Gasteiger partial charge in [-0.2, -0.15) is 0 Å². The van der Waals surface area contributed by atoms with Gasteiger partial charge in [0.2, 0.25) is 0 Å². The summed E-state index contributed by atoms with van der Waals surface area (Å²) in [6.07, 6.45) is 1.27. The Morgan fingerprint density at radius 2 is 1.77 bits per heavy atom. The van der Waals surface area contributed by atoms with Crippen molar-refractivity contribution in [2.75, 3.05) is 0 Å². The van der Waals surface area contributed by atoms with E-state index in [1.165, 1.54) is 16.2 Å². The summed E-state index contributed by atoms with van der Waals surface area (Å²) in [6, 6.07) is 8.73. The summed E-state index contributed by atoms with van der Waals surface area (Å²) in [6.45, 7) is 4.62. The fourth-order valence-electron chi connectivity index (χ4n) is 1.60. The largest absolute Gasteiger partial charge is 0.121 e. The summed E-state index contributed by atoms with van der Waals surface area (Å²) in [5.74, 6) is 0. The summed E-state index contributed by atoms with van der Waals surface area (Å²) >= 11 is 4.07. The van der Waals surface area contributed by atoms with Crippen LogP contribution in [0.1, 0.15) is 20.3 Å². The van der Waals surface area contributed by atoms with Gasteiger partial charge in [-0.3, -0.25) is 0 Å². The highest BCUT2D eigenvalue weighted by Crippen LogP contribution is 2.45. The molecule has 0 aromatic heterocycles. The molecule has 0 fully saturated rings. The lowest BCUT2D eigenvalue weighted by Gasteiger charge is -2.28. The van der Waals surface area contributed by atoms with E-state index in [2.05, 4.69) is 38.1 Å². The van der Waals surface area contributed by atoms with Crippen LogP contribution in [0.3, 0.4) is 0 Å². The molecule has 0 nitrogen and oxygen atoms in total. The number of rotatable bonds is 1. The van der Waals surface area contributed by atoms with E-state index in [4.69, 9.17) is 0 Å². The van der Waals surface area contributed by atoms with Crippen LogP contribution < -0.4 is 0 Å². The van der Waals surface area contributed by atoms with Crippen LogP contribution in [-0.2, 0) is 0 Å². The van der Waals surface area contributed by atoms with Crippen LogP contribution in [0.4, 0.5) is 0 Å². The molecule has 0 bridgehead atoms. The van der Waals surface area contributed by atoms with Crippen molar-refractivity contribution in [1.29, 1.82) is 0 Å². The van der Waals surface area contributed by atoms with Crippen molar-refractivity contribution in [2.45, 2.75) is 40.6 Å². The molecule has 0 radical (unpaired) electrons. The zero-order chi connectivity index (χ0) is 9.26. The van der Waals surface area contributed by atoms with E-state index in [0.29, 0.717) is 0 Å². The molecule has 2 atom stereocenters. The molecule has 2 heteroatoms. The predicted molar refractivity (Wildman–Crippen MR) is 61.7 cm³/mol. The number of hydrogen-bond donors (Lipinski definition) is 0. The number of benzene rings is 1. The van der Waals surface area contributed by atoms with Gasteiger partial charge in [0.15, 0.2) is 0 Å². The number of thioether (sulfide) groups is 2. The van der Waals surface area contributed by atoms with Gasteiger partial charge >= 0.3 is 0 Å². The molecule has 1 aliphatic heterocycles. The molecule has 1 heterocycles. The quantitative estimate of drug-likeness (QED) is 0.686. The van der Waals surface area contributed by atoms with Crippen molar-refractivity contribution < 1.29 is 0 Å². The molecule has 0 spiro atoms. The normalized spacial score (nSPS) is 26.9. The Hall–Kier alpha value is -0.0800. The summed E-state index contributed by atoms with van der Waals surface area (Å²) < 4.78 is 0. The predicted octanol–water partition coefficient (Wildman–Crippen LogP) is 4.05. The third kappa shape index (κ3) is 1.89. The summed E-state index contributed by atoms with van der Waals surface area (Å²) in [7, 11) is 0. The van der Waals surface area contributed by atoms with E-state index in [1.807, 2.05) is 23.5 Å². The molecule has 0 aliphatic carbocycles. The Balaban J connectivity index is 2.27. The molecule has 1 aromatic carbocycles. The van der Waals surface area contributed by atoms with Gasteiger partial charge in [-0.25, -0.2) is 0 Å². The van der Waals surface area contributed by atoms with E-state index in [0.717, 1.165) is 10.5 Å². The Bertz CT molecular complexity index is 296. The monoisotopic (exact) mass is 210 g/mol. The molecule has 2 rings (SSSR count). The molecule has 1 aromatic rings. The Morgan fingerprint density at radius 3 is 2.38 bits per heavy atom. The maximum atomic E-state index is 2.34. The summed E-state index contributed by atoms with van der Waals surface area (Å²) in [5.41, 5.74) is 0. The Morgan fingerprint density at radius 1 is 1.15 bits per heavy atom. The molecule has 0 amide bonds. The van der Waals surface area contributed by atoms with E-state index in [-0.39, 0.29) is 0 Å². The zero-order valence-corrected chi connectivity index (χ0v) is 9.62. The summed E-state index contributed by atoms with van der Waals surface area (Å²) in [4.78, 5) is 2.93. The van der Waals surface area contributed by atoms with Gasteiger partial charge in [-0.05, 0) is 18.6 Å². The van der Waals surface area contributed by atoms with Gasteiger partial charge in [0.1, 0.15) is 0 Å². The lowest BCUT2D eigenvalue weighted by molar-refractivity contribution is 0.798. The van der Waals surface area contributed by atoms with Crippen molar-refractivity contribution >= 4 is 23.5 Å². The first-order valence-corrected chi connectivity index (χ1v) is 6.49. The third-order valence-electron chi connectivity index (χ3n) is 2.37. The second-order valence-corrected chi connectivity index (χ2v) is 6.03. The summed E-state index contributed by atoms with van der Waals surface area (Å²) in [5, 5.41) is 1.55. The van der Waals surface area contributed by atoms with Gasteiger partial charge in [-0.1, -0.05) is 26.0 Å². The van der Waals surface area contributed by atoms with Crippen molar-refractivity contribution in [3.05, 3.63) is 24.3 Å². The first-order chi connectivity index (χ1) is 6.31. The molecule has 0 N–H and O–H groups in total. The fourth-order valence-corrected chi connectivity index (χ4v) is 4.33. The second-order valence-electron chi connectivity index (χ2n) is 3.33. The van der Waals surface area contributed by atoms with Crippen molar-refractivity contribution in [1.82, 2.24) is 0 Å². The van der Waals surface area contributed by atoms with Crippen LogP contribution in [0.15, 0.2) is 34.1 Å². The fraction of sp³-hybridized carbons (Fsp3) is 0.455. The van der Waals surface area contributed by atoms with Crippen molar-refractivity contribution in [2.24, 2.45) is 0 Å². The highest BCUT2D eigenvalue weighted by atomic mass is 32.2. The minimum absolute atomic E-state index is 0.755. The maximum absolute atomic E-state index is 2.34. The van der Waals surface area contributed by atoms with Crippen molar-refractivity contribution in [3.63, 3.8) is 0 Å². The first kappa shape index (κ1) is 9.47. The molecule has 0 unspecified atom stereocenters. The van der Waals surface area contributed by atoms with E-state index < -0.39 is 0 Å². The topological polar surface area (TPSA) is 0 Å². The minimum atomic E-state index is 0.755. The standard InChI is InChI=1S/C11H14S2/c1-3-9-8(2)12-10-6-4-5-7-11(10)13-9/h4-9H,3H2,1-2H3/t8-,9-/m0/s1. The molecule has 13 heavy (non-hydrogen) atoms. The average molecular weight is 210 g/mol. The molecular formula is C11H14S2. The molecular weight excluding hydrogens is 196 g/mol. The molecule has 1 aliphatic rings. The van der Waals surface area contributed by atoms with Gasteiger partial charge in [0.05, 0.1) is 0 Å². The van der Waals surface area contributed by atoms with E-state index in [1.54, 1.807) is 0 Å². The lowest BCUT2D eigenvalue weighted by atomic mass is 10.2. The van der Waals surface area contributed by atoms with Crippen molar-refractivity contribution in [3.8, 4) is 0 Å². The lowest BCUT2D eigenvalue weighted by Crippen LogP contribution is -2.18. The smallest absolute Gasteiger partial charge is 0.0212 e. The van der Waals surface area contributed by atoms with Crippen LogP contribution in [0.5, 0.6) is 0 Å². The Kier molecular flexibility index (Phi) is 2.89.